The standard InChI is InChI=1S/C13H28N2/c1-11(2)8-13(9-14)10-15-7-6-12-4-3-5-12/h11-13,15H,3-10,14H2,1-2H3. The molecular weight excluding hydrogens is 184 g/mol. The van der Waals surface area contributed by atoms with Crippen LogP contribution >= 0.6 is 0 Å². The normalized spacial score (nSPS) is 19.2. The lowest BCUT2D eigenvalue weighted by molar-refractivity contribution is 0.287. The van der Waals surface area contributed by atoms with Gasteiger partial charge in [0, 0.05) is 0 Å². The predicted octanol–water partition coefficient (Wildman–Crippen LogP) is 2.39. The monoisotopic (exact) mass is 212 g/mol. The number of nitrogens with two attached hydrogens (primary N) is 1. The maximum absolute atomic E-state index is 5.76. The molecule has 15 heavy (non-hydrogen) atoms. The smallest absolute Gasteiger partial charge is 0.000836 e. The van der Waals surface area contributed by atoms with E-state index in [4.69, 9.17) is 5.73 Å². The van der Waals surface area contributed by atoms with Crippen molar-refractivity contribution in [1.29, 1.82) is 0 Å². The van der Waals surface area contributed by atoms with E-state index < -0.39 is 0 Å². The molecule has 1 unspecified atom stereocenters. The second-order valence-electron chi connectivity index (χ2n) is 5.52. The molecule has 1 saturated carbocycles. The largest absolute Gasteiger partial charge is 0.330 e. The summed E-state index contributed by atoms with van der Waals surface area (Å²) < 4.78 is 0. The van der Waals surface area contributed by atoms with Crippen molar-refractivity contribution in [2.75, 3.05) is 19.6 Å². The van der Waals surface area contributed by atoms with Gasteiger partial charge < -0.3 is 11.1 Å². The molecule has 0 saturated heterocycles. The first kappa shape index (κ1) is 13.0. The van der Waals surface area contributed by atoms with Crippen molar-refractivity contribution >= 4 is 0 Å². The van der Waals surface area contributed by atoms with Gasteiger partial charge in [-0.2, -0.15) is 0 Å². The quantitative estimate of drug-likeness (QED) is 0.606. The third kappa shape index (κ3) is 5.53. The number of nitrogens with one attached hydrogen (secondary N) is 1. The van der Waals surface area contributed by atoms with E-state index in [0.717, 1.165) is 24.9 Å². The topological polar surface area (TPSA) is 38.0 Å². The van der Waals surface area contributed by atoms with Crippen LogP contribution in [0.1, 0.15) is 46.0 Å². The lowest BCUT2D eigenvalue weighted by Crippen LogP contribution is -2.31. The van der Waals surface area contributed by atoms with Crippen LogP contribution in [0.2, 0.25) is 0 Å². The van der Waals surface area contributed by atoms with Gasteiger partial charge in [-0.1, -0.05) is 33.1 Å². The van der Waals surface area contributed by atoms with Crippen LogP contribution in [0.4, 0.5) is 0 Å². The lowest BCUT2D eigenvalue weighted by atomic mass is 9.83. The van der Waals surface area contributed by atoms with Gasteiger partial charge in [0.05, 0.1) is 0 Å². The molecule has 0 radical (unpaired) electrons. The molecule has 0 bridgehead atoms. The molecule has 0 aromatic rings. The molecule has 2 nitrogen and oxygen atoms in total. The number of rotatable bonds is 8. The highest BCUT2D eigenvalue weighted by atomic mass is 14.9. The SMILES string of the molecule is CC(C)CC(CN)CNCCC1CCC1. The molecule has 1 rings (SSSR count). The molecule has 0 aliphatic heterocycles. The average molecular weight is 212 g/mol. The van der Waals surface area contributed by atoms with Gasteiger partial charge >= 0.3 is 0 Å². The van der Waals surface area contributed by atoms with E-state index in [1.165, 1.54) is 38.6 Å². The van der Waals surface area contributed by atoms with E-state index >= 15 is 0 Å². The zero-order chi connectivity index (χ0) is 11.1. The van der Waals surface area contributed by atoms with E-state index in [1.807, 2.05) is 0 Å². The molecule has 3 N–H and O–H groups in total. The van der Waals surface area contributed by atoms with Gasteiger partial charge in [-0.05, 0) is 50.2 Å². The Balaban J connectivity index is 1.95. The highest BCUT2D eigenvalue weighted by Gasteiger charge is 2.16. The van der Waals surface area contributed by atoms with Crippen molar-refractivity contribution in [3.63, 3.8) is 0 Å². The number of hydrogen-bond acceptors (Lipinski definition) is 2. The summed E-state index contributed by atoms with van der Waals surface area (Å²) in [5.41, 5.74) is 5.76. The molecule has 2 heteroatoms. The third-order valence-corrected chi connectivity index (χ3v) is 3.53. The van der Waals surface area contributed by atoms with Crippen molar-refractivity contribution in [2.24, 2.45) is 23.5 Å². The predicted molar refractivity (Wildman–Crippen MR) is 66.8 cm³/mol. The van der Waals surface area contributed by atoms with Gasteiger partial charge in [-0.3, -0.25) is 0 Å². The van der Waals surface area contributed by atoms with Crippen molar-refractivity contribution in [2.45, 2.75) is 46.0 Å². The first-order valence-corrected chi connectivity index (χ1v) is 6.63. The second kappa shape index (κ2) is 7.24. The van der Waals surface area contributed by atoms with E-state index in [0.29, 0.717) is 5.92 Å². The first-order chi connectivity index (χ1) is 7.22. The summed E-state index contributed by atoms with van der Waals surface area (Å²) in [4.78, 5) is 0. The third-order valence-electron chi connectivity index (χ3n) is 3.53. The van der Waals surface area contributed by atoms with Gasteiger partial charge in [-0.15, -0.1) is 0 Å². The van der Waals surface area contributed by atoms with Crippen LogP contribution in [0.15, 0.2) is 0 Å². The van der Waals surface area contributed by atoms with Gasteiger partial charge in [0.15, 0.2) is 0 Å². The summed E-state index contributed by atoms with van der Waals surface area (Å²) in [5.74, 6) is 2.47. The molecule has 0 aromatic carbocycles. The Morgan fingerprint density at radius 1 is 1.33 bits per heavy atom. The molecular formula is C13H28N2. The summed E-state index contributed by atoms with van der Waals surface area (Å²) in [6, 6.07) is 0. The molecule has 0 amide bonds. The molecule has 1 aliphatic carbocycles. The Morgan fingerprint density at radius 3 is 2.53 bits per heavy atom. The maximum Gasteiger partial charge on any atom is -0.000836 e. The first-order valence-electron chi connectivity index (χ1n) is 6.63. The summed E-state index contributed by atoms with van der Waals surface area (Å²) in [7, 11) is 0. The van der Waals surface area contributed by atoms with E-state index in [-0.39, 0.29) is 0 Å². The van der Waals surface area contributed by atoms with Crippen LogP contribution in [0.5, 0.6) is 0 Å². The van der Waals surface area contributed by atoms with Crippen molar-refractivity contribution in [1.82, 2.24) is 5.32 Å². The van der Waals surface area contributed by atoms with Crippen LogP contribution in [-0.4, -0.2) is 19.6 Å². The summed E-state index contributed by atoms with van der Waals surface area (Å²) in [6.45, 7) is 7.68. The second-order valence-corrected chi connectivity index (χ2v) is 5.52. The fourth-order valence-electron chi connectivity index (χ4n) is 2.32. The molecule has 0 spiro atoms. The van der Waals surface area contributed by atoms with Crippen molar-refractivity contribution < 1.29 is 0 Å². The van der Waals surface area contributed by atoms with Gasteiger partial charge in [-0.25, -0.2) is 0 Å². The zero-order valence-corrected chi connectivity index (χ0v) is 10.5. The Labute approximate surface area is 95.0 Å². The molecule has 0 heterocycles. The molecule has 1 aliphatic rings. The van der Waals surface area contributed by atoms with Crippen molar-refractivity contribution in [3.8, 4) is 0 Å². The van der Waals surface area contributed by atoms with Gasteiger partial charge in [0.1, 0.15) is 0 Å². The molecule has 0 aromatic heterocycles. The van der Waals surface area contributed by atoms with Crippen LogP contribution in [0.3, 0.4) is 0 Å². The fourth-order valence-corrected chi connectivity index (χ4v) is 2.32. The van der Waals surface area contributed by atoms with E-state index in [1.54, 1.807) is 0 Å². The Bertz CT molecular complexity index is 153. The molecule has 1 fully saturated rings. The Kier molecular flexibility index (Phi) is 6.26. The summed E-state index contributed by atoms with van der Waals surface area (Å²) >= 11 is 0. The lowest BCUT2D eigenvalue weighted by Gasteiger charge is -2.25. The van der Waals surface area contributed by atoms with E-state index in [2.05, 4.69) is 19.2 Å². The minimum absolute atomic E-state index is 0.673. The van der Waals surface area contributed by atoms with Crippen LogP contribution in [-0.2, 0) is 0 Å². The highest BCUT2D eigenvalue weighted by Crippen LogP contribution is 2.28. The summed E-state index contributed by atoms with van der Waals surface area (Å²) in [5, 5.41) is 3.56. The maximum atomic E-state index is 5.76. The van der Waals surface area contributed by atoms with E-state index in [9.17, 15) is 0 Å². The van der Waals surface area contributed by atoms with Crippen molar-refractivity contribution in [3.05, 3.63) is 0 Å². The molecule has 90 valence electrons. The highest BCUT2D eigenvalue weighted by molar-refractivity contribution is 4.71. The van der Waals surface area contributed by atoms with Crippen LogP contribution in [0.25, 0.3) is 0 Å². The summed E-state index contributed by atoms with van der Waals surface area (Å²) in [6.07, 6.45) is 7.03. The fraction of sp³-hybridized carbons (Fsp3) is 1.00. The number of hydrogen-bond donors (Lipinski definition) is 2. The average Bonchev–Trinajstić information content (AvgIpc) is 2.12. The van der Waals surface area contributed by atoms with Crippen LogP contribution < -0.4 is 11.1 Å². The zero-order valence-electron chi connectivity index (χ0n) is 10.5. The minimum atomic E-state index is 0.673. The molecule has 1 atom stereocenters. The minimum Gasteiger partial charge on any atom is -0.330 e. The van der Waals surface area contributed by atoms with Crippen LogP contribution in [0, 0.1) is 17.8 Å². The Morgan fingerprint density at radius 2 is 2.07 bits per heavy atom. The Hall–Kier alpha value is -0.0800. The van der Waals surface area contributed by atoms with Gasteiger partial charge in [0.25, 0.3) is 0 Å². The van der Waals surface area contributed by atoms with Gasteiger partial charge in [0.2, 0.25) is 0 Å².